The molecule has 2 aromatic carbocycles. The van der Waals surface area contributed by atoms with E-state index in [1.54, 1.807) is 13.1 Å². The van der Waals surface area contributed by atoms with Crippen LogP contribution in [0.2, 0.25) is 0 Å². The van der Waals surface area contributed by atoms with Crippen molar-refractivity contribution in [3.63, 3.8) is 0 Å². The molecular formula is C22H25N3O2. The molecule has 27 heavy (non-hydrogen) atoms. The van der Waals surface area contributed by atoms with Crippen LogP contribution in [-0.2, 0) is 18.3 Å². The van der Waals surface area contributed by atoms with Crippen LogP contribution < -0.4 is 10.9 Å². The molecule has 1 atom stereocenters. The summed E-state index contributed by atoms with van der Waals surface area (Å²) in [7, 11) is 1.70. The molecule has 0 saturated heterocycles. The first-order valence-electron chi connectivity index (χ1n) is 9.30. The minimum atomic E-state index is -0.0814. The number of amides is 1. The van der Waals surface area contributed by atoms with Crippen molar-refractivity contribution >= 4 is 16.8 Å². The van der Waals surface area contributed by atoms with Gasteiger partial charge in [0.05, 0.1) is 16.9 Å². The summed E-state index contributed by atoms with van der Waals surface area (Å²) in [6.07, 6.45) is 1.54. The van der Waals surface area contributed by atoms with Crippen molar-refractivity contribution in [3.8, 4) is 0 Å². The number of hydrogen-bond donors (Lipinski definition) is 1. The average Bonchev–Trinajstić information content (AvgIpc) is 2.68. The number of carbonyl (C=O) groups excluding carboxylic acids is 1. The van der Waals surface area contributed by atoms with Crippen LogP contribution in [-0.4, -0.2) is 15.5 Å². The molecule has 0 aliphatic rings. The molecular weight excluding hydrogens is 338 g/mol. The summed E-state index contributed by atoms with van der Waals surface area (Å²) >= 11 is 0. The van der Waals surface area contributed by atoms with E-state index in [0.717, 1.165) is 12.0 Å². The lowest BCUT2D eigenvalue weighted by Gasteiger charge is -2.18. The molecule has 0 unspecified atom stereocenters. The first kappa shape index (κ1) is 18.8. The summed E-state index contributed by atoms with van der Waals surface area (Å²) < 4.78 is 1.53. The fourth-order valence-electron chi connectivity index (χ4n) is 3.20. The van der Waals surface area contributed by atoms with Gasteiger partial charge in [-0.25, -0.2) is 4.98 Å². The Morgan fingerprint density at radius 3 is 2.56 bits per heavy atom. The zero-order valence-corrected chi connectivity index (χ0v) is 16.0. The maximum Gasteiger partial charge on any atom is 0.261 e. The number of fused-ring (bicyclic) bond motifs is 1. The van der Waals surface area contributed by atoms with Crippen molar-refractivity contribution in [2.75, 3.05) is 0 Å². The Morgan fingerprint density at radius 2 is 1.85 bits per heavy atom. The first-order valence-corrected chi connectivity index (χ1v) is 9.30. The summed E-state index contributed by atoms with van der Waals surface area (Å²) in [6, 6.07) is 15.5. The molecule has 0 aliphatic carbocycles. The van der Waals surface area contributed by atoms with Crippen molar-refractivity contribution in [1.82, 2.24) is 14.9 Å². The number of nitrogens with zero attached hydrogens (tertiary/aromatic N) is 2. The topological polar surface area (TPSA) is 64.0 Å². The van der Waals surface area contributed by atoms with Gasteiger partial charge < -0.3 is 5.32 Å². The quantitative estimate of drug-likeness (QED) is 0.730. The Kier molecular flexibility index (Phi) is 5.69. The predicted octanol–water partition coefficient (Wildman–Crippen LogP) is 3.44. The molecule has 3 rings (SSSR count). The molecule has 0 bridgehead atoms. The smallest absolute Gasteiger partial charge is 0.261 e. The van der Waals surface area contributed by atoms with Gasteiger partial charge in [-0.1, -0.05) is 48.9 Å². The van der Waals surface area contributed by atoms with Crippen LogP contribution in [0.5, 0.6) is 0 Å². The predicted molar refractivity (Wildman–Crippen MR) is 108 cm³/mol. The lowest BCUT2D eigenvalue weighted by Crippen LogP contribution is -2.29. The first-order chi connectivity index (χ1) is 13.0. The maximum absolute atomic E-state index is 12.5. The molecule has 0 radical (unpaired) electrons. The number of benzene rings is 2. The van der Waals surface area contributed by atoms with Gasteiger partial charge in [-0.2, -0.15) is 0 Å². The van der Waals surface area contributed by atoms with Crippen molar-refractivity contribution in [2.24, 2.45) is 7.05 Å². The van der Waals surface area contributed by atoms with E-state index in [1.165, 1.54) is 10.1 Å². The third-order valence-electron chi connectivity index (χ3n) is 4.87. The zero-order valence-electron chi connectivity index (χ0n) is 16.0. The van der Waals surface area contributed by atoms with Crippen LogP contribution in [0.15, 0.2) is 53.3 Å². The van der Waals surface area contributed by atoms with E-state index >= 15 is 0 Å². The van der Waals surface area contributed by atoms with E-state index in [0.29, 0.717) is 29.6 Å². The van der Waals surface area contributed by atoms with Crippen molar-refractivity contribution < 1.29 is 4.79 Å². The Balaban J connectivity index is 1.70. The lowest BCUT2D eigenvalue weighted by atomic mass is 10.0. The Labute approximate surface area is 159 Å². The van der Waals surface area contributed by atoms with E-state index in [4.69, 9.17) is 0 Å². The number of rotatable bonds is 6. The number of carbonyl (C=O) groups is 1. The van der Waals surface area contributed by atoms with Crippen molar-refractivity contribution in [2.45, 2.75) is 39.2 Å². The molecule has 0 saturated carbocycles. The average molecular weight is 363 g/mol. The van der Waals surface area contributed by atoms with E-state index < -0.39 is 0 Å². The monoisotopic (exact) mass is 363 g/mol. The van der Waals surface area contributed by atoms with Gasteiger partial charge in [0.15, 0.2) is 0 Å². The Hall–Kier alpha value is -2.95. The number of hydrogen-bond acceptors (Lipinski definition) is 3. The number of aromatic nitrogens is 2. The molecule has 0 spiro atoms. The SMILES string of the molecule is CC[C@@H](NC(=O)CCc1nc2ccccc2c(=O)n1C)c1ccc(C)cc1. The van der Waals surface area contributed by atoms with Gasteiger partial charge in [-0.3, -0.25) is 14.2 Å². The van der Waals surface area contributed by atoms with Gasteiger partial charge in [-0.05, 0) is 31.0 Å². The summed E-state index contributed by atoms with van der Waals surface area (Å²) in [5.41, 5.74) is 2.89. The molecule has 140 valence electrons. The third kappa shape index (κ3) is 4.25. The largest absolute Gasteiger partial charge is 0.349 e. The lowest BCUT2D eigenvalue weighted by molar-refractivity contribution is -0.121. The second kappa shape index (κ2) is 8.16. The molecule has 0 fully saturated rings. The zero-order chi connectivity index (χ0) is 19.4. The van der Waals surface area contributed by atoms with Crippen LogP contribution in [0.3, 0.4) is 0 Å². The van der Waals surface area contributed by atoms with Gasteiger partial charge in [0.25, 0.3) is 5.56 Å². The summed E-state index contributed by atoms with van der Waals surface area (Å²) in [6.45, 7) is 4.10. The molecule has 1 heterocycles. The second-order valence-corrected chi connectivity index (χ2v) is 6.85. The highest BCUT2D eigenvalue weighted by Gasteiger charge is 2.14. The van der Waals surface area contributed by atoms with Gasteiger partial charge in [-0.15, -0.1) is 0 Å². The van der Waals surface area contributed by atoms with Gasteiger partial charge in [0, 0.05) is 19.9 Å². The number of para-hydroxylation sites is 1. The van der Waals surface area contributed by atoms with Crippen LogP contribution in [0, 0.1) is 6.92 Å². The minimum absolute atomic E-state index is 0.00789. The summed E-state index contributed by atoms with van der Waals surface area (Å²) in [4.78, 5) is 29.5. The van der Waals surface area contributed by atoms with E-state index in [9.17, 15) is 9.59 Å². The van der Waals surface area contributed by atoms with Crippen LogP contribution in [0.25, 0.3) is 10.9 Å². The van der Waals surface area contributed by atoms with Gasteiger partial charge in [0.2, 0.25) is 5.91 Å². The Bertz CT molecular complexity index is 1010. The molecule has 0 aliphatic heterocycles. The van der Waals surface area contributed by atoms with E-state index in [1.807, 2.05) is 25.1 Å². The summed E-state index contributed by atoms with van der Waals surface area (Å²) in [5.74, 6) is 0.585. The molecule has 5 heteroatoms. The number of aryl methyl sites for hydroxylation is 2. The summed E-state index contributed by atoms with van der Waals surface area (Å²) in [5, 5.41) is 3.69. The van der Waals surface area contributed by atoms with Gasteiger partial charge in [0.1, 0.15) is 5.82 Å². The molecule has 3 aromatic rings. The van der Waals surface area contributed by atoms with Crippen molar-refractivity contribution in [3.05, 3.63) is 75.8 Å². The second-order valence-electron chi connectivity index (χ2n) is 6.85. The van der Waals surface area contributed by atoms with Crippen LogP contribution >= 0.6 is 0 Å². The fraction of sp³-hybridized carbons (Fsp3) is 0.318. The minimum Gasteiger partial charge on any atom is -0.349 e. The van der Waals surface area contributed by atoms with Crippen LogP contribution in [0.1, 0.15) is 42.8 Å². The molecule has 1 N–H and O–H groups in total. The number of nitrogens with one attached hydrogen (secondary N) is 1. The van der Waals surface area contributed by atoms with Crippen molar-refractivity contribution in [1.29, 1.82) is 0 Å². The van der Waals surface area contributed by atoms with E-state index in [2.05, 4.69) is 41.5 Å². The normalized spacial score (nSPS) is 12.1. The highest BCUT2D eigenvalue weighted by Crippen LogP contribution is 2.17. The van der Waals surface area contributed by atoms with E-state index in [-0.39, 0.29) is 17.5 Å². The fourth-order valence-corrected chi connectivity index (χ4v) is 3.20. The standard InChI is InChI=1S/C22H25N3O2/c1-4-18(16-11-9-15(2)10-12-16)24-21(26)14-13-20-23-19-8-6-5-7-17(19)22(27)25(20)3/h5-12,18H,4,13-14H2,1-3H3,(H,24,26)/t18-/m1/s1. The molecule has 1 aromatic heterocycles. The Morgan fingerprint density at radius 1 is 1.15 bits per heavy atom. The van der Waals surface area contributed by atoms with Gasteiger partial charge >= 0.3 is 0 Å². The molecule has 1 amide bonds. The highest BCUT2D eigenvalue weighted by atomic mass is 16.1. The molecule has 5 nitrogen and oxygen atoms in total. The van der Waals surface area contributed by atoms with Crippen LogP contribution in [0.4, 0.5) is 0 Å². The highest BCUT2D eigenvalue weighted by molar-refractivity contribution is 5.78. The third-order valence-corrected chi connectivity index (χ3v) is 4.87. The maximum atomic E-state index is 12.5.